The van der Waals surface area contributed by atoms with E-state index in [1.807, 2.05) is 25.1 Å². The summed E-state index contributed by atoms with van der Waals surface area (Å²) in [4.78, 5) is 25.0. The molecule has 0 spiro atoms. The minimum atomic E-state index is -0.139. The van der Waals surface area contributed by atoms with Gasteiger partial charge in [0.05, 0.1) is 6.54 Å². The molecule has 0 radical (unpaired) electrons. The van der Waals surface area contributed by atoms with Gasteiger partial charge in [0.1, 0.15) is 0 Å². The largest absolute Gasteiger partial charge is 0.355 e. The Morgan fingerprint density at radius 2 is 2.11 bits per heavy atom. The molecule has 18 heavy (non-hydrogen) atoms. The van der Waals surface area contributed by atoms with Gasteiger partial charge in [0, 0.05) is 22.7 Å². The number of likely N-dealkylation sites (N-methyl/N-ethyl adjacent to an activating group) is 1. The molecule has 5 heteroatoms. The second-order valence-corrected chi connectivity index (χ2v) is 5.27. The standard InChI is InChI=1S/C13H17IN2O2/c1-3-7-15-12(17)9-16(2)13(18)10-5-4-6-11(14)8-10/h4-6,8H,3,7,9H2,1-2H3,(H,15,17). The molecule has 1 N–H and O–H groups in total. The lowest BCUT2D eigenvalue weighted by atomic mass is 10.2. The Morgan fingerprint density at radius 1 is 1.39 bits per heavy atom. The lowest BCUT2D eigenvalue weighted by Crippen LogP contribution is -2.38. The van der Waals surface area contributed by atoms with Gasteiger partial charge in [-0.2, -0.15) is 0 Å². The third kappa shape index (κ3) is 4.64. The predicted molar refractivity (Wildman–Crippen MR) is 79.4 cm³/mol. The first kappa shape index (κ1) is 14.9. The molecule has 1 rings (SSSR count). The van der Waals surface area contributed by atoms with Gasteiger partial charge in [0.15, 0.2) is 0 Å². The number of carbonyl (C=O) groups is 2. The fourth-order valence-corrected chi connectivity index (χ4v) is 1.99. The summed E-state index contributed by atoms with van der Waals surface area (Å²) >= 11 is 2.16. The Balaban J connectivity index is 2.59. The summed E-state index contributed by atoms with van der Waals surface area (Å²) in [7, 11) is 1.63. The van der Waals surface area contributed by atoms with Crippen molar-refractivity contribution >= 4 is 34.4 Å². The van der Waals surface area contributed by atoms with Crippen LogP contribution in [0.1, 0.15) is 23.7 Å². The fourth-order valence-electron chi connectivity index (χ4n) is 1.45. The molecular formula is C13H17IN2O2. The molecule has 0 saturated heterocycles. The molecule has 0 fully saturated rings. The summed E-state index contributed by atoms with van der Waals surface area (Å²) in [6.07, 6.45) is 0.889. The number of hydrogen-bond donors (Lipinski definition) is 1. The van der Waals surface area contributed by atoms with Crippen molar-refractivity contribution in [2.45, 2.75) is 13.3 Å². The maximum Gasteiger partial charge on any atom is 0.254 e. The van der Waals surface area contributed by atoms with E-state index in [9.17, 15) is 9.59 Å². The van der Waals surface area contributed by atoms with Crippen molar-refractivity contribution in [1.29, 1.82) is 0 Å². The molecule has 0 aliphatic heterocycles. The van der Waals surface area contributed by atoms with E-state index in [1.165, 1.54) is 4.90 Å². The SMILES string of the molecule is CCCNC(=O)CN(C)C(=O)c1cccc(I)c1. The normalized spacial score (nSPS) is 9.94. The van der Waals surface area contributed by atoms with Gasteiger partial charge in [-0.05, 0) is 47.2 Å². The highest BCUT2D eigenvalue weighted by atomic mass is 127. The highest BCUT2D eigenvalue weighted by Gasteiger charge is 2.14. The van der Waals surface area contributed by atoms with Crippen molar-refractivity contribution in [2.24, 2.45) is 0 Å². The zero-order chi connectivity index (χ0) is 13.5. The summed E-state index contributed by atoms with van der Waals surface area (Å²) < 4.78 is 1.00. The first-order valence-corrected chi connectivity index (χ1v) is 6.90. The number of benzene rings is 1. The lowest BCUT2D eigenvalue weighted by molar-refractivity contribution is -0.121. The predicted octanol–water partition coefficient (Wildman–Crippen LogP) is 1.89. The van der Waals surface area contributed by atoms with Crippen molar-refractivity contribution < 1.29 is 9.59 Å². The van der Waals surface area contributed by atoms with E-state index < -0.39 is 0 Å². The Morgan fingerprint density at radius 3 is 2.72 bits per heavy atom. The van der Waals surface area contributed by atoms with Crippen LogP contribution in [0.15, 0.2) is 24.3 Å². The van der Waals surface area contributed by atoms with Crippen molar-refractivity contribution in [1.82, 2.24) is 10.2 Å². The molecule has 1 aromatic carbocycles. The second-order valence-electron chi connectivity index (χ2n) is 4.02. The smallest absolute Gasteiger partial charge is 0.254 e. The number of hydrogen-bond acceptors (Lipinski definition) is 2. The molecule has 1 aromatic rings. The Kier molecular flexibility index (Phi) is 6.11. The molecule has 0 atom stereocenters. The summed E-state index contributed by atoms with van der Waals surface area (Å²) in [5, 5.41) is 2.75. The second kappa shape index (κ2) is 7.35. The molecule has 4 nitrogen and oxygen atoms in total. The molecule has 0 aliphatic rings. The van der Waals surface area contributed by atoms with Crippen LogP contribution in [-0.4, -0.2) is 36.9 Å². The Bertz CT molecular complexity index is 435. The van der Waals surface area contributed by atoms with E-state index in [0.29, 0.717) is 12.1 Å². The highest BCUT2D eigenvalue weighted by Crippen LogP contribution is 2.09. The molecule has 0 saturated carbocycles. The van der Waals surface area contributed by atoms with Crippen molar-refractivity contribution in [2.75, 3.05) is 20.1 Å². The molecule has 0 bridgehead atoms. The van der Waals surface area contributed by atoms with E-state index in [4.69, 9.17) is 0 Å². The third-order valence-corrected chi connectivity index (χ3v) is 3.04. The van der Waals surface area contributed by atoms with Gasteiger partial charge >= 0.3 is 0 Å². The topological polar surface area (TPSA) is 49.4 Å². The zero-order valence-electron chi connectivity index (χ0n) is 10.6. The zero-order valence-corrected chi connectivity index (χ0v) is 12.7. The van der Waals surface area contributed by atoms with Gasteiger partial charge < -0.3 is 10.2 Å². The van der Waals surface area contributed by atoms with Gasteiger partial charge in [0.25, 0.3) is 5.91 Å². The Hall–Kier alpha value is -1.11. The lowest BCUT2D eigenvalue weighted by Gasteiger charge is -2.16. The van der Waals surface area contributed by atoms with Crippen LogP contribution in [0.3, 0.4) is 0 Å². The quantitative estimate of drug-likeness (QED) is 0.816. The average Bonchev–Trinajstić information content (AvgIpc) is 2.35. The number of nitrogens with zero attached hydrogens (tertiary/aromatic N) is 1. The van der Waals surface area contributed by atoms with E-state index in [1.54, 1.807) is 13.1 Å². The van der Waals surface area contributed by atoms with E-state index >= 15 is 0 Å². The molecular weight excluding hydrogens is 343 g/mol. The number of amides is 2. The van der Waals surface area contributed by atoms with Crippen LogP contribution in [-0.2, 0) is 4.79 Å². The molecule has 2 amide bonds. The minimum absolute atomic E-state index is 0.0876. The molecule has 0 aromatic heterocycles. The molecule has 0 unspecified atom stereocenters. The monoisotopic (exact) mass is 360 g/mol. The van der Waals surface area contributed by atoms with Crippen LogP contribution < -0.4 is 5.32 Å². The molecule has 98 valence electrons. The van der Waals surface area contributed by atoms with E-state index in [0.717, 1.165) is 9.99 Å². The van der Waals surface area contributed by atoms with Crippen LogP contribution in [0.5, 0.6) is 0 Å². The fraction of sp³-hybridized carbons (Fsp3) is 0.385. The molecule has 0 aliphatic carbocycles. The summed E-state index contributed by atoms with van der Waals surface area (Å²) in [6.45, 7) is 2.72. The van der Waals surface area contributed by atoms with Crippen LogP contribution >= 0.6 is 22.6 Å². The first-order chi connectivity index (χ1) is 8.54. The maximum atomic E-state index is 12.0. The minimum Gasteiger partial charge on any atom is -0.355 e. The number of carbonyl (C=O) groups excluding carboxylic acids is 2. The van der Waals surface area contributed by atoms with E-state index in [2.05, 4.69) is 27.9 Å². The van der Waals surface area contributed by atoms with Gasteiger partial charge in [0.2, 0.25) is 5.91 Å². The summed E-state index contributed by atoms with van der Waals surface area (Å²) in [5.41, 5.74) is 0.604. The van der Waals surface area contributed by atoms with Gasteiger partial charge in [-0.15, -0.1) is 0 Å². The van der Waals surface area contributed by atoms with E-state index in [-0.39, 0.29) is 18.4 Å². The number of halogens is 1. The highest BCUT2D eigenvalue weighted by molar-refractivity contribution is 14.1. The summed E-state index contributed by atoms with van der Waals surface area (Å²) in [6, 6.07) is 7.32. The van der Waals surface area contributed by atoms with Crippen LogP contribution in [0, 0.1) is 3.57 Å². The average molecular weight is 360 g/mol. The van der Waals surface area contributed by atoms with Crippen molar-refractivity contribution in [3.8, 4) is 0 Å². The van der Waals surface area contributed by atoms with Gasteiger partial charge in [-0.3, -0.25) is 9.59 Å². The number of rotatable bonds is 5. The summed E-state index contributed by atoms with van der Waals surface area (Å²) in [5.74, 6) is -0.265. The first-order valence-electron chi connectivity index (χ1n) is 5.82. The third-order valence-electron chi connectivity index (χ3n) is 2.37. The van der Waals surface area contributed by atoms with Crippen LogP contribution in [0.4, 0.5) is 0 Å². The van der Waals surface area contributed by atoms with Crippen molar-refractivity contribution in [3.05, 3.63) is 33.4 Å². The van der Waals surface area contributed by atoms with Crippen molar-refractivity contribution in [3.63, 3.8) is 0 Å². The van der Waals surface area contributed by atoms with Gasteiger partial charge in [-0.1, -0.05) is 13.0 Å². The number of nitrogens with one attached hydrogen (secondary N) is 1. The Labute approximate surface area is 121 Å². The van der Waals surface area contributed by atoms with Crippen LogP contribution in [0.25, 0.3) is 0 Å². The maximum absolute atomic E-state index is 12.0. The van der Waals surface area contributed by atoms with Gasteiger partial charge in [-0.25, -0.2) is 0 Å². The molecule has 0 heterocycles. The van der Waals surface area contributed by atoms with Crippen LogP contribution in [0.2, 0.25) is 0 Å².